The van der Waals surface area contributed by atoms with E-state index >= 15 is 0 Å². The van der Waals surface area contributed by atoms with Crippen molar-refractivity contribution in [3.63, 3.8) is 0 Å². The largest absolute Gasteiger partial charge is 0.479 e. The fourth-order valence-corrected chi connectivity index (χ4v) is 2.04. The number of amides is 1. The maximum Gasteiger partial charge on any atom is 0.442 e. The van der Waals surface area contributed by atoms with Gasteiger partial charge in [0.1, 0.15) is 0 Å². The van der Waals surface area contributed by atoms with Gasteiger partial charge < -0.3 is 15.1 Å². The molecule has 104 valence electrons. The van der Waals surface area contributed by atoms with Crippen molar-refractivity contribution >= 4 is 23.6 Å². The highest BCUT2D eigenvalue weighted by molar-refractivity contribution is 8.00. The predicted octanol–water partition coefficient (Wildman–Crippen LogP) is 0.678. The zero-order valence-electron chi connectivity index (χ0n) is 9.24. The van der Waals surface area contributed by atoms with Crippen molar-refractivity contribution in [2.45, 2.75) is 24.0 Å². The SMILES string of the molecule is O=C(CSC(F)(F)F)N1CCC(O)(C(=O)O)CC1. The van der Waals surface area contributed by atoms with Crippen LogP contribution in [0.3, 0.4) is 0 Å². The van der Waals surface area contributed by atoms with Crippen LogP contribution < -0.4 is 0 Å². The maximum absolute atomic E-state index is 11.9. The quantitative estimate of drug-likeness (QED) is 0.798. The van der Waals surface area contributed by atoms with Gasteiger partial charge in [-0.25, -0.2) is 4.79 Å². The smallest absolute Gasteiger partial charge is 0.442 e. The standard InChI is InChI=1S/C9H12F3NO4S/c10-9(11,12)18-5-6(14)13-3-1-8(17,2-4-13)7(15)16/h17H,1-5H2,(H,15,16). The van der Waals surface area contributed by atoms with Crippen LogP contribution in [0.5, 0.6) is 0 Å². The Bertz CT molecular complexity index is 339. The summed E-state index contributed by atoms with van der Waals surface area (Å²) >= 11 is -0.429. The molecular weight excluding hydrogens is 275 g/mol. The van der Waals surface area contributed by atoms with E-state index in [0.717, 1.165) is 4.90 Å². The van der Waals surface area contributed by atoms with E-state index in [1.807, 2.05) is 0 Å². The number of rotatable bonds is 3. The first-order chi connectivity index (χ1) is 8.14. The molecule has 1 aliphatic rings. The van der Waals surface area contributed by atoms with Gasteiger partial charge in [-0.1, -0.05) is 0 Å². The number of aliphatic carboxylic acids is 1. The van der Waals surface area contributed by atoms with E-state index in [-0.39, 0.29) is 25.9 Å². The third-order valence-electron chi connectivity index (χ3n) is 2.70. The summed E-state index contributed by atoms with van der Waals surface area (Å²) in [6.45, 7) is -0.111. The van der Waals surface area contributed by atoms with Gasteiger partial charge in [0.05, 0.1) is 5.75 Å². The van der Waals surface area contributed by atoms with Crippen LogP contribution >= 0.6 is 11.8 Å². The molecule has 0 spiro atoms. The molecule has 1 saturated heterocycles. The summed E-state index contributed by atoms with van der Waals surface area (Å²) < 4.78 is 35.7. The van der Waals surface area contributed by atoms with Gasteiger partial charge in [0.15, 0.2) is 5.60 Å². The Balaban J connectivity index is 2.43. The minimum absolute atomic E-state index is 0.0555. The number of aliphatic hydroxyl groups is 1. The number of piperidine rings is 1. The number of carboxylic acids is 1. The third kappa shape index (κ3) is 4.05. The molecule has 0 atom stereocenters. The van der Waals surface area contributed by atoms with Crippen molar-refractivity contribution in [2.75, 3.05) is 18.8 Å². The lowest BCUT2D eigenvalue weighted by molar-refractivity contribution is -0.165. The Hall–Kier alpha value is -0.960. The molecule has 1 amide bonds. The zero-order chi connectivity index (χ0) is 14.0. The summed E-state index contributed by atoms with van der Waals surface area (Å²) in [6, 6.07) is 0. The van der Waals surface area contributed by atoms with E-state index in [0.29, 0.717) is 0 Å². The van der Waals surface area contributed by atoms with Crippen molar-refractivity contribution in [1.29, 1.82) is 0 Å². The highest BCUT2D eigenvalue weighted by atomic mass is 32.2. The number of alkyl halides is 3. The van der Waals surface area contributed by atoms with Gasteiger partial charge in [-0.3, -0.25) is 4.79 Å². The molecule has 0 unspecified atom stereocenters. The van der Waals surface area contributed by atoms with Crippen molar-refractivity contribution in [3.8, 4) is 0 Å². The van der Waals surface area contributed by atoms with E-state index in [2.05, 4.69) is 0 Å². The van der Waals surface area contributed by atoms with Gasteiger partial charge in [-0.15, -0.1) is 0 Å². The highest BCUT2D eigenvalue weighted by Crippen LogP contribution is 2.31. The van der Waals surface area contributed by atoms with Crippen molar-refractivity contribution < 1.29 is 33.0 Å². The predicted molar refractivity (Wildman–Crippen MR) is 56.9 cm³/mol. The van der Waals surface area contributed by atoms with E-state index in [1.54, 1.807) is 0 Å². The first kappa shape index (κ1) is 15.1. The van der Waals surface area contributed by atoms with E-state index in [1.165, 1.54) is 0 Å². The Morgan fingerprint density at radius 2 is 1.78 bits per heavy atom. The van der Waals surface area contributed by atoms with Crippen molar-refractivity contribution in [1.82, 2.24) is 4.90 Å². The minimum atomic E-state index is -4.47. The molecule has 18 heavy (non-hydrogen) atoms. The number of carbonyl (C=O) groups excluding carboxylic acids is 1. The second-order valence-corrected chi connectivity index (χ2v) is 4.99. The summed E-state index contributed by atoms with van der Waals surface area (Å²) in [4.78, 5) is 23.2. The maximum atomic E-state index is 11.9. The van der Waals surface area contributed by atoms with Crippen LogP contribution in [0.4, 0.5) is 13.2 Å². The normalized spacial score (nSPS) is 19.7. The molecule has 1 fully saturated rings. The van der Waals surface area contributed by atoms with Crippen LogP contribution in [0, 0.1) is 0 Å². The van der Waals surface area contributed by atoms with Crippen molar-refractivity contribution in [2.24, 2.45) is 0 Å². The van der Waals surface area contributed by atoms with Gasteiger partial charge in [0.25, 0.3) is 0 Å². The second kappa shape index (κ2) is 5.35. The Morgan fingerprint density at radius 1 is 1.28 bits per heavy atom. The Kier molecular flexibility index (Phi) is 4.49. The average molecular weight is 287 g/mol. The summed E-state index contributed by atoms with van der Waals surface area (Å²) in [6.07, 6.45) is -0.352. The van der Waals surface area contributed by atoms with Crippen LogP contribution in [-0.2, 0) is 9.59 Å². The molecule has 2 N–H and O–H groups in total. The monoisotopic (exact) mass is 287 g/mol. The second-order valence-electron chi connectivity index (χ2n) is 3.95. The topological polar surface area (TPSA) is 77.8 Å². The summed E-state index contributed by atoms with van der Waals surface area (Å²) in [5.41, 5.74) is -6.35. The first-order valence-electron chi connectivity index (χ1n) is 5.08. The van der Waals surface area contributed by atoms with Crippen LogP contribution in [-0.4, -0.2) is 56.9 Å². The first-order valence-corrected chi connectivity index (χ1v) is 6.07. The molecule has 5 nitrogen and oxygen atoms in total. The molecule has 0 saturated carbocycles. The highest BCUT2D eigenvalue weighted by Gasteiger charge is 2.40. The number of hydrogen-bond acceptors (Lipinski definition) is 4. The van der Waals surface area contributed by atoms with Gasteiger partial charge in [-0.2, -0.15) is 13.2 Å². The van der Waals surface area contributed by atoms with Gasteiger partial charge >= 0.3 is 11.5 Å². The lowest BCUT2D eigenvalue weighted by Crippen LogP contribution is -2.51. The summed E-state index contributed by atoms with van der Waals surface area (Å²) in [5.74, 6) is -2.81. The fraction of sp³-hybridized carbons (Fsp3) is 0.778. The zero-order valence-corrected chi connectivity index (χ0v) is 10.1. The van der Waals surface area contributed by atoms with Crippen molar-refractivity contribution in [3.05, 3.63) is 0 Å². The number of carbonyl (C=O) groups is 2. The molecule has 1 rings (SSSR count). The van der Waals surface area contributed by atoms with E-state index in [4.69, 9.17) is 5.11 Å². The average Bonchev–Trinajstić information content (AvgIpc) is 2.26. The molecule has 0 aliphatic carbocycles. The third-order valence-corrected chi connectivity index (χ3v) is 3.42. The molecule has 0 bridgehead atoms. The van der Waals surface area contributed by atoms with Gasteiger partial charge in [0, 0.05) is 25.9 Å². The molecule has 0 aromatic heterocycles. The molecule has 0 radical (unpaired) electrons. The molecule has 1 heterocycles. The van der Waals surface area contributed by atoms with Crippen LogP contribution in [0.25, 0.3) is 0 Å². The fourth-order valence-electron chi connectivity index (χ4n) is 1.57. The Morgan fingerprint density at radius 3 is 2.17 bits per heavy atom. The minimum Gasteiger partial charge on any atom is -0.479 e. The number of carboxylic acid groups (broad SMARTS) is 1. The van der Waals surface area contributed by atoms with Crippen LogP contribution in [0.15, 0.2) is 0 Å². The van der Waals surface area contributed by atoms with E-state index < -0.39 is 40.5 Å². The number of thioether (sulfide) groups is 1. The number of hydrogen-bond donors (Lipinski definition) is 2. The molecule has 0 aromatic rings. The van der Waals surface area contributed by atoms with Crippen LogP contribution in [0.1, 0.15) is 12.8 Å². The molecular formula is C9H12F3NO4S. The van der Waals surface area contributed by atoms with Gasteiger partial charge in [-0.05, 0) is 11.8 Å². The molecule has 9 heteroatoms. The Labute approximate surface area is 105 Å². The lowest BCUT2D eigenvalue weighted by atomic mass is 9.92. The van der Waals surface area contributed by atoms with E-state index in [9.17, 15) is 27.9 Å². The summed E-state index contributed by atoms with van der Waals surface area (Å²) in [7, 11) is 0. The number of nitrogens with zero attached hydrogens (tertiary/aromatic N) is 1. The summed E-state index contributed by atoms with van der Waals surface area (Å²) in [5, 5.41) is 18.3. The molecule has 0 aromatic carbocycles. The lowest BCUT2D eigenvalue weighted by Gasteiger charge is -2.35. The van der Waals surface area contributed by atoms with Crippen LogP contribution in [0.2, 0.25) is 0 Å². The number of likely N-dealkylation sites (tertiary alicyclic amines) is 1. The van der Waals surface area contributed by atoms with Gasteiger partial charge in [0.2, 0.25) is 5.91 Å². The molecule has 1 aliphatic heterocycles. The number of halogens is 3.